The maximum atomic E-state index is 9.56. The van der Waals surface area contributed by atoms with E-state index in [9.17, 15) is 5.11 Å². The quantitative estimate of drug-likeness (QED) is 0.802. The van der Waals surface area contributed by atoms with Gasteiger partial charge in [-0.15, -0.1) is 0 Å². The van der Waals surface area contributed by atoms with E-state index in [1.54, 1.807) is 6.26 Å². The van der Waals surface area contributed by atoms with Crippen molar-refractivity contribution in [1.82, 2.24) is 5.32 Å². The summed E-state index contributed by atoms with van der Waals surface area (Å²) < 4.78 is 5.34. The van der Waals surface area contributed by atoms with E-state index in [0.29, 0.717) is 6.04 Å². The van der Waals surface area contributed by atoms with Gasteiger partial charge in [0, 0.05) is 6.04 Å². The van der Waals surface area contributed by atoms with Gasteiger partial charge >= 0.3 is 0 Å². The second kappa shape index (κ2) is 4.81. The van der Waals surface area contributed by atoms with Crippen molar-refractivity contribution in [1.29, 1.82) is 0 Å². The van der Waals surface area contributed by atoms with E-state index < -0.39 is 0 Å². The van der Waals surface area contributed by atoms with E-state index >= 15 is 0 Å². The molecule has 1 heterocycles. The summed E-state index contributed by atoms with van der Waals surface area (Å²) in [7, 11) is 0. The Hall–Kier alpha value is -0.800. The molecular formula is C12H19NO2. The van der Waals surface area contributed by atoms with Crippen molar-refractivity contribution < 1.29 is 9.52 Å². The molecule has 3 atom stereocenters. The minimum Gasteiger partial charge on any atom is -0.468 e. The van der Waals surface area contributed by atoms with Crippen LogP contribution in [0.4, 0.5) is 0 Å². The second-order valence-electron chi connectivity index (χ2n) is 4.42. The molecule has 1 saturated carbocycles. The molecule has 1 aromatic rings. The van der Waals surface area contributed by atoms with Crippen LogP contribution in [0, 0.1) is 0 Å². The number of aliphatic hydroxyl groups is 1. The van der Waals surface area contributed by atoms with Gasteiger partial charge in [-0.25, -0.2) is 0 Å². The Bertz CT molecular complexity index is 284. The lowest BCUT2D eigenvalue weighted by Crippen LogP contribution is -2.37. The smallest absolute Gasteiger partial charge is 0.120 e. The van der Waals surface area contributed by atoms with Crippen molar-refractivity contribution in [2.45, 2.75) is 50.8 Å². The van der Waals surface area contributed by atoms with E-state index in [1.807, 2.05) is 12.1 Å². The molecule has 0 spiro atoms. The summed E-state index contributed by atoms with van der Waals surface area (Å²) in [5, 5.41) is 13.1. The van der Waals surface area contributed by atoms with Crippen LogP contribution in [0.15, 0.2) is 22.8 Å². The summed E-state index contributed by atoms with van der Waals surface area (Å²) in [6.07, 6.45) is 5.66. The minimum absolute atomic E-state index is 0.125. The van der Waals surface area contributed by atoms with Gasteiger partial charge in [0.25, 0.3) is 0 Å². The van der Waals surface area contributed by atoms with Gasteiger partial charge in [0.05, 0.1) is 18.4 Å². The van der Waals surface area contributed by atoms with Gasteiger partial charge in [-0.3, -0.25) is 0 Å². The Labute approximate surface area is 90.5 Å². The van der Waals surface area contributed by atoms with Crippen molar-refractivity contribution >= 4 is 0 Å². The molecule has 0 saturated heterocycles. The van der Waals surface area contributed by atoms with Crippen LogP contribution in [0.25, 0.3) is 0 Å². The highest BCUT2D eigenvalue weighted by atomic mass is 16.3. The third-order valence-electron chi connectivity index (χ3n) is 3.10. The van der Waals surface area contributed by atoms with Crippen molar-refractivity contribution in [2.75, 3.05) is 0 Å². The van der Waals surface area contributed by atoms with Gasteiger partial charge < -0.3 is 14.8 Å². The zero-order valence-electron chi connectivity index (χ0n) is 9.15. The Balaban J connectivity index is 1.86. The van der Waals surface area contributed by atoms with Crippen molar-refractivity contribution in [2.24, 2.45) is 0 Å². The molecular weight excluding hydrogens is 190 g/mol. The average Bonchev–Trinajstić information content (AvgIpc) is 2.70. The zero-order chi connectivity index (χ0) is 10.7. The van der Waals surface area contributed by atoms with Crippen LogP contribution in [-0.2, 0) is 0 Å². The molecule has 3 heteroatoms. The standard InChI is InChI=1S/C12H19NO2/c1-9(12-6-3-7-15-12)13-10-4-2-5-11(14)8-10/h3,6-7,9-11,13-14H,2,4-5,8H2,1H3. The fourth-order valence-corrected chi connectivity index (χ4v) is 2.29. The number of rotatable bonds is 3. The molecule has 0 radical (unpaired) electrons. The highest BCUT2D eigenvalue weighted by Gasteiger charge is 2.22. The summed E-state index contributed by atoms with van der Waals surface area (Å²) in [6.45, 7) is 2.10. The molecule has 1 aliphatic rings. The Kier molecular flexibility index (Phi) is 3.44. The molecule has 1 fully saturated rings. The van der Waals surface area contributed by atoms with E-state index in [0.717, 1.165) is 31.4 Å². The molecule has 1 aliphatic carbocycles. The normalized spacial score (nSPS) is 28.9. The fraction of sp³-hybridized carbons (Fsp3) is 0.667. The van der Waals surface area contributed by atoms with Gasteiger partial charge in [0.2, 0.25) is 0 Å². The molecule has 2 N–H and O–H groups in total. The lowest BCUT2D eigenvalue weighted by atomic mass is 9.92. The largest absolute Gasteiger partial charge is 0.468 e. The lowest BCUT2D eigenvalue weighted by Gasteiger charge is -2.28. The van der Waals surface area contributed by atoms with Crippen LogP contribution in [0.3, 0.4) is 0 Å². The van der Waals surface area contributed by atoms with E-state index in [-0.39, 0.29) is 12.1 Å². The van der Waals surface area contributed by atoms with E-state index in [1.165, 1.54) is 0 Å². The topological polar surface area (TPSA) is 45.4 Å². The zero-order valence-corrected chi connectivity index (χ0v) is 9.15. The predicted molar refractivity (Wildman–Crippen MR) is 58.5 cm³/mol. The first kappa shape index (κ1) is 10.7. The summed E-state index contributed by atoms with van der Waals surface area (Å²) >= 11 is 0. The summed E-state index contributed by atoms with van der Waals surface area (Å²) in [5.41, 5.74) is 0. The Morgan fingerprint density at radius 1 is 1.53 bits per heavy atom. The molecule has 84 valence electrons. The second-order valence-corrected chi connectivity index (χ2v) is 4.42. The van der Waals surface area contributed by atoms with E-state index in [4.69, 9.17) is 4.42 Å². The van der Waals surface area contributed by atoms with Crippen molar-refractivity contribution in [3.05, 3.63) is 24.2 Å². The van der Waals surface area contributed by atoms with Crippen LogP contribution >= 0.6 is 0 Å². The van der Waals surface area contributed by atoms with Gasteiger partial charge in [0.15, 0.2) is 0 Å². The van der Waals surface area contributed by atoms with Crippen molar-refractivity contribution in [3.63, 3.8) is 0 Å². The first-order valence-electron chi connectivity index (χ1n) is 5.73. The summed E-state index contributed by atoms with van der Waals surface area (Å²) in [5.74, 6) is 0.968. The highest BCUT2D eigenvalue weighted by molar-refractivity contribution is 5.03. The number of furan rings is 1. The van der Waals surface area contributed by atoms with Gasteiger partial charge in [0.1, 0.15) is 5.76 Å². The average molecular weight is 209 g/mol. The molecule has 0 aromatic carbocycles. The molecule has 0 amide bonds. The Morgan fingerprint density at radius 3 is 3.07 bits per heavy atom. The van der Waals surface area contributed by atoms with Gasteiger partial charge in [-0.2, -0.15) is 0 Å². The molecule has 2 rings (SSSR count). The van der Waals surface area contributed by atoms with Crippen molar-refractivity contribution in [3.8, 4) is 0 Å². The number of hydrogen-bond acceptors (Lipinski definition) is 3. The molecule has 1 aromatic heterocycles. The van der Waals surface area contributed by atoms with Gasteiger partial charge in [-0.05, 0) is 44.7 Å². The van der Waals surface area contributed by atoms with Gasteiger partial charge in [-0.1, -0.05) is 0 Å². The molecule has 3 unspecified atom stereocenters. The summed E-state index contributed by atoms with van der Waals surface area (Å²) in [4.78, 5) is 0. The molecule has 3 nitrogen and oxygen atoms in total. The SMILES string of the molecule is CC(NC1CCCC(O)C1)c1ccco1. The lowest BCUT2D eigenvalue weighted by molar-refractivity contribution is 0.108. The van der Waals surface area contributed by atoms with Crippen LogP contribution < -0.4 is 5.32 Å². The van der Waals surface area contributed by atoms with Crippen LogP contribution in [-0.4, -0.2) is 17.3 Å². The van der Waals surface area contributed by atoms with Crippen LogP contribution in [0.1, 0.15) is 44.4 Å². The Morgan fingerprint density at radius 2 is 2.40 bits per heavy atom. The first-order chi connectivity index (χ1) is 7.25. The molecule has 0 aliphatic heterocycles. The maximum Gasteiger partial charge on any atom is 0.120 e. The van der Waals surface area contributed by atoms with Crippen LogP contribution in [0.5, 0.6) is 0 Å². The molecule has 15 heavy (non-hydrogen) atoms. The maximum absolute atomic E-state index is 9.56. The number of hydrogen-bond donors (Lipinski definition) is 2. The third kappa shape index (κ3) is 2.83. The molecule has 0 bridgehead atoms. The number of nitrogens with one attached hydrogen (secondary N) is 1. The minimum atomic E-state index is -0.125. The van der Waals surface area contributed by atoms with E-state index in [2.05, 4.69) is 12.2 Å². The third-order valence-corrected chi connectivity index (χ3v) is 3.10. The highest BCUT2D eigenvalue weighted by Crippen LogP contribution is 2.21. The van der Waals surface area contributed by atoms with Crippen LogP contribution in [0.2, 0.25) is 0 Å². The first-order valence-corrected chi connectivity index (χ1v) is 5.73. The summed E-state index contributed by atoms with van der Waals surface area (Å²) in [6, 6.07) is 4.55. The fourth-order valence-electron chi connectivity index (χ4n) is 2.29. The predicted octanol–water partition coefficient (Wildman–Crippen LogP) is 2.23. The monoisotopic (exact) mass is 209 g/mol. The number of aliphatic hydroxyl groups excluding tert-OH is 1.